The molecule has 0 aliphatic carbocycles. The van der Waals surface area contributed by atoms with Gasteiger partial charge in [0, 0.05) is 19.5 Å². The second-order valence-corrected chi connectivity index (χ2v) is 7.65. The van der Waals surface area contributed by atoms with E-state index >= 15 is 0 Å². The number of rotatable bonds is 5. The molecule has 2 rings (SSSR count). The number of sulfone groups is 1. The van der Waals surface area contributed by atoms with Gasteiger partial charge in [-0.3, -0.25) is 4.79 Å². The fraction of sp³-hybridized carbons (Fsp3) is 0.533. The van der Waals surface area contributed by atoms with Crippen molar-refractivity contribution in [1.82, 2.24) is 0 Å². The second-order valence-electron chi connectivity index (χ2n) is 5.40. The minimum atomic E-state index is -3.25. The van der Waals surface area contributed by atoms with Gasteiger partial charge in [0.05, 0.1) is 16.3 Å². The molecule has 116 valence electrons. The Kier molecular flexibility index (Phi) is 4.88. The molecule has 0 saturated carbocycles. The van der Waals surface area contributed by atoms with E-state index in [0.29, 0.717) is 18.0 Å². The average Bonchev–Trinajstić information content (AvgIpc) is 2.47. The maximum Gasteiger partial charge on any atom is 0.303 e. The van der Waals surface area contributed by atoms with Crippen LogP contribution < -0.4 is 4.90 Å². The van der Waals surface area contributed by atoms with Gasteiger partial charge in [0.25, 0.3) is 0 Å². The van der Waals surface area contributed by atoms with Crippen LogP contribution in [0.15, 0.2) is 29.2 Å². The predicted molar refractivity (Wildman–Crippen MR) is 81.4 cm³/mol. The SMILES string of the molecule is CCS(=O)(=O)c1ccccc1N1CCC(CC(=O)O)CC1. The Morgan fingerprint density at radius 3 is 2.48 bits per heavy atom. The summed E-state index contributed by atoms with van der Waals surface area (Å²) in [4.78, 5) is 13.2. The lowest BCUT2D eigenvalue weighted by Crippen LogP contribution is -2.35. The molecule has 0 aromatic heterocycles. The minimum Gasteiger partial charge on any atom is -0.481 e. The summed E-state index contributed by atoms with van der Waals surface area (Å²) >= 11 is 0. The first-order chi connectivity index (χ1) is 9.94. The van der Waals surface area contributed by atoms with Crippen molar-refractivity contribution in [3.8, 4) is 0 Å². The molecule has 0 radical (unpaired) electrons. The Morgan fingerprint density at radius 2 is 1.90 bits per heavy atom. The molecule has 1 aliphatic heterocycles. The summed E-state index contributed by atoms with van der Waals surface area (Å²) in [5, 5.41) is 8.84. The van der Waals surface area contributed by atoms with Crippen LogP contribution >= 0.6 is 0 Å². The molecule has 0 atom stereocenters. The van der Waals surface area contributed by atoms with E-state index in [-0.39, 0.29) is 18.1 Å². The Bertz CT molecular complexity index is 604. The molecule has 0 bridgehead atoms. The number of piperidine rings is 1. The van der Waals surface area contributed by atoms with Crippen molar-refractivity contribution >= 4 is 21.5 Å². The molecule has 6 heteroatoms. The van der Waals surface area contributed by atoms with Gasteiger partial charge in [-0.15, -0.1) is 0 Å². The number of carboxylic acids is 1. The normalized spacial score (nSPS) is 16.9. The topological polar surface area (TPSA) is 74.7 Å². The number of benzene rings is 1. The van der Waals surface area contributed by atoms with Crippen LogP contribution in [0.1, 0.15) is 26.2 Å². The molecule has 0 unspecified atom stereocenters. The molecular formula is C15H21NO4S. The van der Waals surface area contributed by atoms with Crippen molar-refractivity contribution in [1.29, 1.82) is 0 Å². The van der Waals surface area contributed by atoms with Gasteiger partial charge in [-0.05, 0) is 30.9 Å². The Balaban J connectivity index is 2.16. The highest BCUT2D eigenvalue weighted by Crippen LogP contribution is 2.30. The number of anilines is 1. The van der Waals surface area contributed by atoms with Crippen molar-refractivity contribution in [2.75, 3.05) is 23.7 Å². The number of para-hydroxylation sites is 1. The highest BCUT2D eigenvalue weighted by molar-refractivity contribution is 7.91. The molecule has 1 heterocycles. The quantitative estimate of drug-likeness (QED) is 0.902. The highest BCUT2D eigenvalue weighted by Gasteiger charge is 2.25. The first-order valence-electron chi connectivity index (χ1n) is 7.22. The zero-order chi connectivity index (χ0) is 15.5. The van der Waals surface area contributed by atoms with Crippen molar-refractivity contribution in [2.45, 2.75) is 31.1 Å². The van der Waals surface area contributed by atoms with E-state index in [2.05, 4.69) is 4.90 Å². The van der Waals surface area contributed by atoms with Crippen LogP contribution in [0.5, 0.6) is 0 Å². The Morgan fingerprint density at radius 1 is 1.29 bits per heavy atom. The maximum absolute atomic E-state index is 12.2. The summed E-state index contributed by atoms with van der Waals surface area (Å²) in [5.41, 5.74) is 0.744. The zero-order valence-electron chi connectivity index (χ0n) is 12.2. The number of aliphatic carboxylic acids is 1. The lowest BCUT2D eigenvalue weighted by atomic mass is 9.93. The average molecular weight is 311 g/mol. The van der Waals surface area contributed by atoms with Crippen molar-refractivity contribution < 1.29 is 18.3 Å². The Labute approximate surface area is 125 Å². The summed E-state index contributed by atoms with van der Waals surface area (Å²) < 4.78 is 24.3. The minimum absolute atomic E-state index is 0.0828. The zero-order valence-corrected chi connectivity index (χ0v) is 13.0. The van der Waals surface area contributed by atoms with Gasteiger partial charge in [0.1, 0.15) is 0 Å². The van der Waals surface area contributed by atoms with E-state index in [9.17, 15) is 13.2 Å². The van der Waals surface area contributed by atoms with Crippen LogP contribution in [0.2, 0.25) is 0 Å². The molecule has 1 fully saturated rings. The van der Waals surface area contributed by atoms with Gasteiger partial charge in [0.2, 0.25) is 0 Å². The molecule has 1 N–H and O–H groups in total. The fourth-order valence-electron chi connectivity index (χ4n) is 2.76. The summed E-state index contributed by atoms with van der Waals surface area (Å²) in [7, 11) is -3.25. The number of nitrogens with zero attached hydrogens (tertiary/aromatic N) is 1. The number of hydrogen-bond donors (Lipinski definition) is 1. The fourth-order valence-corrected chi connectivity index (χ4v) is 3.87. The van der Waals surface area contributed by atoms with E-state index < -0.39 is 15.8 Å². The summed E-state index contributed by atoms with van der Waals surface area (Å²) in [6.07, 6.45) is 1.77. The molecule has 5 nitrogen and oxygen atoms in total. The van der Waals surface area contributed by atoms with Gasteiger partial charge in [-0.2, -0.15) is 0 Å². The molecule has 21 heavy (non-hydrogen) atoms. The van der Waals surface area contributed by atoms with Gasteiger partial charge >= 0.3 is 5.97 Å². The van der Waals surface area contributed by atoms with Crippen LogP contribution in [0.4, 0.5) is 5.69 Å². The smallest absolute Gasteiger partial charge is 0.303 e. The summed E-state index contributed by atoms with van der Waals surface area (Å²) in [6.45, 7) is 3.05. The molecule has 0 spiro atoms. The van der Waals surface area contributed by atoms with E-state index in [1.54, 1.807) is 19.1 Å². The van der Waals surface area contributed by atoms with Crippen LogP contribution in [0.3, 0.4) is 0 Å². The monoisotopic (exact) mass is 311 g/mol. The highest BCUT2D eigenvalue weighted by atomic mass is 32.2. The van der Waals surface area contributed by atoms with Gasteiger partial charge in [0.15, 0.2) is 9.84 Å². The van der Waals surface area contributed by atoms with Crippen LogP contribution in [-0.2, 0) is 14.6 Å². The van der Waals surface area contributed by atoms with Crippen LogP contribution in [0, 0.1) is 5.92 Å². The number of carboxylic acid groups (broad SMARTS) is 1. The molecule has 1 aliphatic rings. The van der Waals surface area contributed by atoms with E-state index in [1.165, 1.54) is 0 Å². The second kappa shape index (κ2) is 6.47. The molecule has 0 amide bonds. The third-order valence-corrected chi connectivity index (χ3v) is 5.77. The van der Waals surface area contributed by atoms with E-state index in [1.807, 2.05) is 12.1 Å². The Hall–Kier alpha value is -1.56. The molecular weight excluding hydrogens is 290 g/mol. The third kappa shape index (κ3) is 3.75. The van der Waals surface area contributed by atoms with Gasteiger partial charge in [-0.25, -0.2) is 8.42 Å². The first kappa shape index (κ1) is 15.8. The lowest BCUT2D eigenvalue weighted by molar-refractivity contribution is -0.138. The number of carbonyl (C=O) groups is 1. The van der Waals surface area contributed by atoms with E-state index in [4.69, 9.17) is 5.11 Å². The molecule has 1 aromatic carbocycles. The van der Waals surface area contributed by atoms with Crippen molar-refractivity contribution in [3.05, 3.63) is 24.3 Å². The van der Waals surface area contributed by atoms with Crippen LogP contribution in [-0.4, -0.2) is 38.3 Å². The van der Waals surface area contributed by atoms with E-state index in [0.717, 1.165) is 18.5 Å². The molecule has 1 aromatic rings. The van der Waals surface area contributed by atoms with Crippen molar-refractivity contribution in [2.24, 2.45) is 5.92 Å². The predicted octanol–water partition coefficient (Wildman–Crippen LogP) is 2.17. The third-order valence-electron chi connectivity index (χ3n) is 4.00. The molecule has 1 saturated heterocycles. The largest absolute Gasteiger partial charge is 0.481 e. The standard InChI is InChI=1S/C15H21NO4S/c1-2-21(19,20)14-6-4-3-5-13(14)16-9-7-12(8-10-16)11-15(17)18/h3-6,12H,2,7-11H2,1H3,(H,17,18). The summed E-state index contributed by atoms with van der Waals surface area (Å²) in [5.74, 6) is -0.490. The number of hydrogen-bond acceptors (Lipinski definition) is 4. The van der Waals surface area contributed by atoms with Gasteiger partial charge < -0.3 is 10.0 Å². The summed E-state index contributed by atoms with van der Waals surface area (Å²) in [6, 6.07) is 7.06. The lowest BCUT2D eigenvalue weighted by Gasteiger charge is -2.34. The first-order valence-corrected chi connectivity index (χ1v) is 8.87. The van der Waals surface area contributed by atoms with Gasteiger partial charge in [-0.1, -0.05) is 19.1 Å². The van der Waals surface area contributed by atoms with Crippen LogP contribution in [0.25, 0.3) is 0 Å². The maximum atomic E-state index is 12.2. The van der Waals surface area contributed by atoms with Crippen molar-refractivity contribution in [3.63, 3.8) is 0 Å².